The summed E-state index contributed by atoms with van der Waals surface area (Å²) in [5.41, 5.74) is 1.82. The third kappa shape index (κ3) is 5.59. The Labute approximate surface area is 261 Å². The van der Waals surface area contributed by atoms with Gasteiger partial charge in [0.15, 0.2) is 10.8 Å². The quantitative estimate of drug-likeness (QED) is 0.341. The molecule has 4 atom stereocenters. The summed E-state index contributed by atoms with van der Waals surface area (Å²) in [7, 11) is -3.70. The van der Waals surface area contributed by atoms with Crippen molar-refractivity contribution < 1.29 is 26.7 Å². The first-order chi connectivity index (χ1) is 21.1. The number of benzene rings is 1. The fourth-order valence-electron chi connectivity index (χ4n) is 7.40. The van der Waals surface area contributed by atoms with Gasteiger partial charge in [0.05, 0.1) is 17.6 Å². The second-order valence-corrected chi connectivity index (χ2v) is 15.1. The van der Waals surface area contributed by atoms with Crippen molar-refractivity contribution in [3.05, 3.63) is 74.8 Å². The maximum absolute atomic E-state index is 14.1. The van der Waals surface area contributed by atoms with Crippen LogP contribution in [-0.4, -0.2) is 63.5 Å². The molecular formula is C29H30ClF3N6O3S2. The molecule has 2 N–H and O–H groups in total. The Hall–Kier alpha value is -2.78. The summed E-state index contributed by atoms with van der Waals surface area (Å²) in [5.74, 6) is 0.215. The topological polar surface area (TPSA) is 113 Å². The van der Waals surface area contributed by atoms with E-state index in [1.165, 1.54) is 41.8 Å². The van der Waals surface area contributed by atoms with E-state index in [2.05, 4.69) is 14.8 Å². The Morgan fingerprint density at radius 3 is 2.61 bits per heavy atom. The molecule has 44 heavy (non-hydrogen) atoms. The highest BCUT2D eigenvalue weighted by molar-refractivity contribution is 7.89. The first kappa shape index (κ1) is 29.9. The molecule has 7 rings (SSSR count). The first-order valence-electron chi connectivity index (χ1n) is 14.5. The van der Waals surface area contributed by atoms with E-state index in [9.17, 15) is 26.7 Å². The van der Waals surface area contributed by atoms with Crippen LogP contribution in [0.3, 0.4) is 0 Å². The predicted octanol–water partition coefficient (Wildman–Crippen LogP) is 5.23. The molecule has 1 saturated heterocycles. The third-order valence-corrected chi connectivity index (χ3v) is 11.9. The molecule has 0 radical (unpaired) electrons. The Kier molecular flexibility index (Phi) is 7.84. The van der Waals surface area contributed by atoms with E-state index in [0.717, 1.165) is 12.8 Å². The maximum atomic E-state index is 14.1. The van der Waals surface area contributed by atoms with Crippen molar-refractivity contribution in [3.8, 4) is 0 Å². The van der Waals surface area contributed by atoms with E-state index < -0.39 is 34.5 Å². The third-order valence-electron chi connectivity index (χ3n) is 9.17. The van der Waals surface area contributed by atoms with Crippen molar-refractivity contribution in [3.63, 3.8) is 0 Å². The number of aromatic nitrogens is 3. The van der Waals surface area contributed by atoms with E-state index in [0.29, 0.717) is 45.2 Å². The van der Waals surface area contributed by atoms with Crippen molar-refractivity contribution in [2.45, 2.75) is 56.8 Å². The molecule has 15 heteroatoms. The Morgan fingerprint density at radius 1 is 1.18 bits per heavy atom. The summed E-state index contributed by atoms with van der Waals surface area (Å²) in [4.78, 5) is 11.3. The van der Waals surface area contributed by atoms with Gasteiger partial charge in [0.2, 0.25) is 10.0 Å². The molecule has 3 aromatic rings. The highest BCUT2D eigenvalue weighted by Crippen LogP contribution is 2.47. The Bertz CT molecular complexity index is 1720. The van der Waals surface area contributed by atoms with Gasteiger partial charge in [-0.1, -0.05) is 17.7 Å². The predicted molar refractivity (Wildman–Crippen MR) is 160 cm³/mol. The second-order valence-electron chi connectivity index (χ2n) is 12.0. The minimum absolute atomic E-state index is 0.0187. The molecule has 234 valence electrons. The van der Waals surface area contributed by atoms with Crippen LogP contribution in [0.15, 0.2) is 52.7 Å². The minimum atomic E-state index is -3.70. The number of fused-ring (bicyclic) bond motifs is 3. The monoisotopic (exact) mass is 666 g/mol. The van der Waals surface area contributed by atoms with Crippen LogP contribution in [0.25, 0.3) is 5.57 Å². The molecule has 2 saturated carbocycles. The van der Waals surface area contributed by atoms with Gasteiger partial charge in [-0.2, -0.15) is 13.9 Å². The Balaban J connectivity index is 1.25. The lowest BCUT2D eigenvalue weighted by Gasteiger charge is -2.32. The molecule has 2 aromatic heterocycles. The first-order valence-corrected chi connectivity index (χ1v) is 17.4. The van der Waals surface area contributed by atoms with Crippen LogP contribution < -0.4 is 4.72 Å². The lowest BCUT2D eigenvalue weighted by atomic mass is 9.80. The summed E-state index contributed by atoms with van der Waals surface area (Å²) in [6.45, 7) is -2.62. The molecule has 2 unspecified atom stereocenters. The van der Waals surface area contributed by atoms with Crippen molar-refractivity contribution >= 4 is 44.4 Å². The molecular weight excluding hydrogens is 637 g/mol. The van der Waals surface area contributed by atoms with Gasteiger partial charge >= 0.3 is 6.55 Å². The highest BCUT2D eigenvalue weighted by atomic mass is 35.5. The summed E-state index contributed by atoms with van der Waals surface area (Å²) in [6.07, 6.45) is 5.97. The van der Waals surface area contributed by atoms with Crippen LogP contribution in [0, 0.1) is 23.6 Å². The van der Waals surface area contributed by atoms with Gasteiger partial charge in [0.1, 0.15) is 11.9 Å². The van der Waals surface area contributed by atoms with Gasteiger partial charge in [-0.3, -0.25) is 4.99 Å². The summed E-state index contributed by atoms with van der Waals surface area (Å²) in [6, 6.07) is 4.02. The zero-order valence-electron chi connectivity index (χ0n) is 23.4. The number of thiazole rings is 1. The largest absolute Gasteiger partial charge is 0.393 e. The lowest BCUT2D eigenvalue weighted by Crippen LogP contribution is -2.42. The Morgan fingerprint density at radius 2 is 1.95 bits per heavy atom. The van der Waals surface area contributed by atoms with Gasteiger partial charge in [-0.05, 0) is 61.6 Å². The van der Waals surface area contributed by atoms with Gasteiger partial charge in [-0.25, -0.2) is 27.2 Å². The van der Waals surface area contributed by atoms with Crippen LogP contribution >= 0.6 is 22.9 Å². The fraction of sp³-hybridized carbons (Fsp3) is 0.483. The number of nitrogens with one attached hydrogen (secondary N) is 1. The molecule has 2 bridgehead atoms. The molecule has 2 aliphatic heterocycles. The standard InChI is InChI=1S/C29H30ClF3N6O3S2/c30-21-11-18(31)3-4-20(21)25-24(22-5-7-39(36-22)29(32)33)23-12-19(13-38(23)27(35-25)28-34-6-8-43-28)37-44(41,42)14-15-9-16-1-2-17(10-15)26(16)40/h3-8,11,15-17,19,25-26,29,37,40H,1-2,9-10,12-14H2/t15?,16?,17?,19-,25-,26?/m0/s1. The summed E-state index contributed by atoms with van der Waals surface area (Å²) in [5, 5.41) is 17.0. The molecule has 0 amide bonds. The van der Waals surface area contributed by atoms with Crippen molar-refractivity contribution in [2.24, 2.45) is 22.7 Å². The van der Waals surface area contributed by atoms with E-state index in [1.807, 2.05) is 4.90 Å². The average molecular weight is 667 g/mol. The van der Waals surface area contributed by atoms with E-state index in [4.69, 9.17) is 16.6 Å². The van der Waals surface area contributed by atoms with Crippen LogP contribution in [0.2, 0.25) is 5.02 Å². The smallest absolute Gasteiger partial charge is 0.333 e. The highest BCUT2D eigenvalue weighted by Gasteiger charge is 2.45. The number of nitrogens with zero attached hydrogens (tertiary/aromatic N) is 5. The molecule has 1 aromatic carbocycles. The number of sulfonamides is 1. The molecule has 0 spiro atoms. The summed E-state index contributed by atoms with van der Waals surface area (Å²) < 4.78 is 71.6. The number of aliphatic hydroxyl groups is 1. The van der Waals surface area contributed by atoms with Crippen molar-refractivity contribution in [2.75, 3.05) is 12.3 Å². The molecule has 9 nitrogen and oxygen atoms in total. The average Bonchev–Trinajstić information content (AvgIpc) is 3.76. The number of aliphatic imine (C=N–C) groups is 1. The molecule has 4 heterocycles. The molecule has 4 aliphatic rings. The number of aliphatic hydroxyl groups excluding tert-OH is 1. The second kappa shape index (κ2) is 11.5. The normalized spacial score (nSPS) is 28.6. The zero-order valence-corrected chi connectivity index (χ0v) is 25.7. The van der Waals surface area contributed by atoms with Crippen molar-refractivity contribution in [1.82, 2.24) is 24.4 Å². The van der Waals surface area contributed by atoms with Crippen LogP contribution in [0.4, 0.5) is 13.2 Å². The number of alkyl halides is 2. The van der Waals surface area contributed by atoms with Gasteiger partial charge in [0.25, 0.3) is 0 Å². The van der Waals surface area contributed by atoms with Crippen LogP contribution in [-0.2, 0) is 10.0 Å². The molecule has 3 fully saturated rings. The minimum Gasteiger partial charge on any atom is -0.393 e. The fourth-order valence-corrected chi connectivity index (χ4v) is 9.97. The number of hydrogen-bond donors (Lipinski definition) is 2. The summed E-state index contributed by atoms with van der Waals surface area (Å²) >= 11 is 7.87. The maximum Gasteiger partial charge on any atom is 0.333 e. The van der Waals surface area contributed by atoms with E-state index in [1.54, 1.807) is 11.6 Å². The van der Waals surface area contributed by atoms with Crippen LogP contribution in [0.1, 0.15) is 61.0 Å². The lowest BCUT2D eigenvalue weighted by molar-refractivity contribution is 0.0425. The number of halogens is 4. The number of rotatable bonds is 8. The SMILES string of the molecule is O=S(=O)(CC1CC2CCC(C1)C2O)N[C@H]1CC2=C(c3ccn(C(F)F)n3)[C@H](c3ccc(F)cc3Cl)N=C(c3nccs3)N2C1. The number of hydrogen-bond acceptors (Lipinski definition) is 8. The number of amidine groups is 1. The zero-order chi connectivity index (χ0) is 30.7. The van der Waals surface area contributed by atoms with Crippen LogP contribution in [0.5, 0.6) is 0 Å². The van der Waals surface area contributed by atoms with Crippen molar-refractivity contribution in [1.29, 1.82) is 0 Å². The van der Waals surface area contributed by atoms with E-state index >= 15 is 0 Å². The van der Waals surface area contributed by atoms with E-state index in [-0.39, 0.29) is 53.3 Å². The molecule has 2 aliphatic carbocycles. The van der Waals surface area contributed by atoms with Gasteiger partial charge in [-0.15, -0.1) is 11.3 Å². The van der Waals surface area contributed by atoms with Gasteiger partial charge < -0.3 is 10.0 Å². The van der Waals surface area contributed by atoms with Gasteiger partial charge in [0, 0.05) is 58.6 Å².